The Hall–Kier alpha value is -2.63. The van der Waals surface area contributed by atoms with Gasteiger partial charge in [0.2, 0.25) is 0 Å². The van der Waals surface area contributed by atoms with Gasteiger partial charge < -0.3 is 14.6 Å². The van der Waals surface area contributed by atoms with Crippen LogP contribution in [0, 0.1) is 0 Å². The van der Waals surface area contributed by atoms with Gasteiger partial charge >= 0.3 is 0 Å². The molecular formula is C33H52N2O4. The number of rotatable bonds is 25. The molecule has 0 N–H and O–H groups in total. The number of carboxylic acid groups (broad SMARTS) is 1. The number of imidazole rings is 1. The highest BCUT2D eigenvalue weighted by Gasteiger charge is 2.16. The zero-order valence-electron chi connectivity index (χ0n) is 24.4. The van der Waals surface area contributed by atoms with Crippen LogP contribution < -0.4 is 14.4 Å². The molecule has 2 aromatic rings. The molecule has 0 aliphatic rings. The average Bonchev–Trinajstić information content (AvgIpc) is 3.33. The molecule has 1 heterocycles. The fourth-order valence-corrected chi connectivity index (χ4v) is 5.10. The van der Waals surface area contributed by atoms with E-state index >= 15 is 0 Å². The van der Waals surface area contributed by atoms with Gasteiger partial charge in [-0.15, -0.1) is 0 Å². The van der Waals surface area contributed by atoms with Crippen LogP contribution in [-0.4, -0.2) is 23.4 Å². The maximum Gasteiger partial charge on any atom is 0.256 e. The maximum absolute atomic E-state index is 11.0. The number of hydrogen-bond donors (Lipinski definition) is 0. The molecule has 0 aliphatic heterocycles. The predicted molar refractivity (Wildman–Crippen MR) is 155 cm³/mol. The number of unbranched alkanes of at least 4 members (excludes halogenated alkanes) is 14. The van der Waals surface area contributed by atoms with Gasteiger partial charge in [-0.3, -0.25) is 4.79 Å². The SMILES string of the molecule is CCCCCCCCCCc1n(CCC(=O)[O-])cc[n+]1CCCCCCCCCCOc1ccc(C=O)cc1. The lowest BCUT2D eigenvalue weighted by Crippen LogP contribution is -2.37. The second kappa shape index (κ2) is 21.2. The molecule has 218 valence electrons. The first-order valence-electron chi connectivity index (χ1n) is 15.6. The van der Waals surface area contributed by atoms with Crippen molar-refractivity contribution >= 4 is 12.3 Å². The summed E-state index contributed by atoms with van der Waals surface area (Å²) in [6.45, 7) is 4.49. The van der Waals surface area contributed by atoms with E-state index in [1.165, 1.54) is 95.7 Å². The van der Waals surface area contributed by atoms with Crippen molar-refractivity contribution < 1.29 is 24.0 Å². The average molecular weight is 541 g/mol. The number of carbonyl (C=O) groups excluding carboxylic acids is 2. The third kappa shape index (κ3) is 14.9. The van der Waals surface area contributed by atoms with E-state index in [2.05, 4.69) is 22.3 Å². The molecule has 0 spiro atoms. The Morgan fingerprint density at radius 1 is 0.846 bits per heavy atom. The van der Waals surface area contributed by atoms with E-state index in [4.69, 9.17) is 4.74 Å². The second-order valence-electron chi connectivity index (χ2n) is 10.8. The van der Waals surface area contributed by atoms with Crippen LogP contribution in [0.1, 0.15) is 132 Å². The van der Waals surface area contributed by atoms with Gasteiger partial charge in [0, 0.05) is 24.4 Å². The van der Waals surface area contributed by atoms with Crippen LogP contribution in [0.25, 0.3) is 0 Å². The summed E-state index contributed by atoms with van der Waals surface area (Å²) in [5.74, 6) is 1.11. The van der Waals surface area contributed by atoms with Crippen molar-refractivity contribution in [2.75, 3.05) is 6.61 Å². The predicted octanol–water partition coefficient (Wildman–Crippen LogP) is 6.61. The Labute approximate surface area is 236 Å². The second-order valence-corrected chi connectivity index (χ2v) is 10.8. The van der Waals surface area contributed by atoms with E-state index in [1.54, 1.807) is 12.1 Å². The van der Waals surface area contributed by atoms with Crippen LogP contribution in [0.15, 0.2) is 36.7 Å². The summed E-state index contributed by atoms with van der Waals surface area (Å²) >= 11 is 0. The van der Waals surface area contributed by atoms with Crippen molar-refractivity contribution in [2.24, 2.45) is 0 Å². The Morgan fingerprint density at radius 3 is 2.05 bits per heavy atom. The monoisotopic (exact) mass is 540 g/mol. The summed E-state index contributed by atoms with van der Waals surface area (Å²) in [5, 5.41) is 11.0. The topological polar surface area (TPSA) is 75.2 Å². The van der Waals surface area contributed by atoms with Crippen LogP contribution in [0.5, 0.6) is 5.75 Å². The number of hydrogen-bond acceptors (Lipinski definition) is 4. The van der Waals surface area contributed by atoms with Gasteiger partial charge in [-0.1, -0.05) is 84.0 Å². The lowest BCUT2D eigenvalue weighted by Gasteiger charge is -2.07. The standard InChI is InChI=1S/C33H52N2O4/c1-2-3-4-5-6-9-12-15-18-32-34(26-27-35(32)25-23-33(37)38)24-16-13-10-7-8-11-14-17-28-39-31-21-19-30(29-36)20-22-31/h19-22,26-27,29H,2-18,23-25,28H2,1H3. The number of aliphatic carboxylic acids is 1. The van der Waals surface area contributed by atoms with Crippen LogP contribution in [0.4, 0.5) is 0 Å². The molecular weight excluding hydrogens is 488 g/mol. The van der Waals surface area contributed by atoms with Gasteiger partial charge in [0.15, 0.2) is 0 Å². The molecule has 0 radical (unpaired) electrons. The van der Waals surface area contributed by atoms with Crippen molar-refractivity contribution in [1.29, 1.82) is 0 Å². The smallest absolute Gasteiger partial charge is 0.256 e. The van der Waals surface area contributed by atoms with Crippen LogP contribution in [0.2, 0.25) is 0 Å². The molecule has 2 rings (SSSR count). The van der Waals surface area contributed by atoms with Crippen LogP contribution in [-0.2, 0) is 24.3 Å². The number of carboxylic acids is 1. The minimum absolute atomic E-state index is 0.0692. The summed E-state index contributed by atoms with van der Waals surface area (Å²) in [7, 11) is 0. The number of aromatic nitrogens is 2. The molecule has 0 bridgehead atoms. The maximum atomic E-state index is 11.0. The van der Waals surface area contributed by atoms with Crippen molar-refractivity contribution in [2.45, 2.75) is 136 Å². The molecule has 1 aromatic carbocycles. The van der Waals surface area contributed by atoms with Gasteiger partial charge in [0.1, 0.15) is 24.4 Å². The summed E-state index contributed by atoms with van der Waals surface area (Å²) < 4.78 is 10.2. The molecule has 0 amide bonds. The summed E-state index contributed by atoms with van der Waals surface area (Å²) in [5.41, 5.74) is 0.673. The molecule has 6 nitrogen and oxygen atoms in total. The highest BCUT2D eigenvalue weighted by atomic mass is 16.5. The normalized spacial score (nSPS) is 11.1. The van der Waals surface area contributed by atoms with Gasteiger partial charge in [-0.05, 0) is 49.9 Å². The molecule has 0 fully saturated rings. The minimum Gasteiger partial charge on any atom is -0.550 e. The largest absolute Gasteiger partial charge is 0.550 e. The van der Waals surface area contributed by atoms with Gasteiger partial charge in [0.25, 0.3) is 5.82 Å². The highest BCUT2D eigenvalue weighted by molar-refractivity contribution is 5.74. The van der Waals surface area contributed by atoms with Crippen molar-refractivity contribution in [3.63, 3.8) is 0 Å². The summed E-state index contributed by atoms with van der Waals surface area (Å²) in [6, 6.07) is 7.27. The summed E-state index contributed by atoms with van der Waals surface area (Å²) in [6.07, 6.45) is 26.2. The summed E-state index contributed by atoms with van der Waals surface area (Å²) in [4.78, 5) is 21.7. The van der Waals surface area contributed by atoms with Gasteiger partial charge in [-0.2, -0.15) is 0 Å². The third-order valence-electron chi connectivity index (χ3n) is 7.48. The van der Waals surface area contributed by atoms with E-state index < -0.39 is 5.97 Å². The van der Waals surface area contributed by atoms with Gasteiger partial charge in [-0.25, -0.2) is 9.13 Å². The molecule has 6 heteroatoms. The Morgan fingerprint density at radius 2 is 1.44 bits per heavy atom. The van der Waals surface area contributed by atoms with E-state index in [1.807, 2.05) is 18.3 Å². The molecule has 0 atom stereocenters. The number of aldehydes is 1. The first-order chi connectivity index (χ1) is 19.1. The van der Waals surface area contributed by atoms with Crippen LogP contribution >= 0.6 is 0 Å². The fourth-order valence-electron chi connectivity index (χ4n) is 5.10. The molecule has 0 unspecified atom stereocenters. The van der Waals surface area contributed by atoms with Gasteiger partial charge in [0.05, 0.1) is 19.7 Å². The number of benzene rings is 1. The van der Waals surface area contributed by atoms with E-state index in [0.717, 1.165) is 44.4 Å². The Bertz CT molecular complexity index is 907. The first-order valence-corrected chi connectivity index (χ1v) is 15.6. The zero-order chi connectivity index (χ0) is 28.0. The number of nitrogens with zero attached hydrogens (tertiary/aromatic N) is 2. The van der Waals surface area contributed by atoms with Crippen molar-refractivity contribution in [3.05, 3.63) is 48.0 Å². The highest BCUT2D eigenvalue weighted by Crippen LogP contribution is 2.14. The fraction of sp³-hybridized carbons (Fsp3) is 0.667. The molecule has 1 aromatic heterocycles. The number of ether oxygens (including phenoxy) is 1. The van der Waals surface area contributed by atoms with Crippen molar-refractivity contribution in [1.82, 2.24) is 4.57 Å². The molecule has 0 saturated carbocycles. The quantitative estimate of drug-likeness (QED) is 0.0807. The van der Waals surface area contributed by atoms with Crippen LogP contribution in [0.3, 0.4) is 0 Å². The van der Waals surface area contributed by atoms with E-state index in [0.29, 0.717) is 12.1 Å². The number of aryl methyl sites for hydroxylation is 2. The van der Waals surface area contributed by atoms with E-state index in [9.17, 15) is 14.7 Å². The lowest BCUT2D eigenvalue weighted by atomic mass is 10.1. The number of carbonyl (C=O) groups is 2. The molecule has 39 heavy (non-hydrogen) atoms. The molecule has 0 saturated heterocycles. The Balaban J connectivity index is 1.56. The Kier molecular flexibility index (Phi) is 17.7. The minimum atomic E-state index is -0.980. The van der Waals surface area contributed by atoms with E-state index in [-0.39, 0.29) is 6.42 Å². The first kappa shape index (κ1) is 32.6. The molecule has 0 aliphatic carbocycles. The lowest BCUT2D eigenvalue weighted by molar-refractivity contribution is -0.704. The zero-order valence-corrected chi connectivity index (χ0v) is 24.4. The van der Waals surface area contributed by atoms with Crippen molar-refractivity contribution in [3.8, 4) is 5.75 Å². The third-order valence-corrected chi connectivity index (χ3v) is 7.48.